The Bertz CT molecular complexity index is 524. The molecule has 0 aromatic heterocycles. The minimum absolute atomic E-state index is 0.270. The lowest BCUT2D eigenvalue weighted by atomic mass is 9.90. The number of nitrogens with one attached hydrogen (secondary N) is 2. The number of rotatable bonds is 7. The topological polar surface area (TPSA) is 67.4 Å². The number of benzene rings is 1. The SMILES string of the molecule is COc1cccc(NC(=O)C(C)(C)C(=O)NCCC(C)C)c1. The molecule has 0 saturated heterocycles. The fourth-order valence-corrected chi connectivity index (χ4v) is 1.79. The Labute approximate surface area is 132 Å². The number of methoxy groups -OCH3 is 1. The molecule has 0 aliphatic carbocycles. The van der Waals surface area contributed by atoms with Crippen LogP contribution in [0.5, 0.6) is 5.75 Å². The standard InChI is InChI=1S/C17H26N2O3/c1-12(2)9-10-18-15(20)17(3,4)16(21)19-13-7-6-8-14(11-13)22-5/h6-8,11-12H,9-10H2,1-5H3,(H,18,20)(H,19,21). The maximum atomic E-state index is 12.4. The molecule has 0 unspecified atom stereocenters. The van der Waals surface area contributed by atoms with E-state index in [-0.39, 0.29) is 11.8 Å². The molecule has 5 heteroatoms. The molecule has 122 valence electrons. The molecule has 0 fully saturated rings. The number of amides is 2. The summed E-state index contributed by atoms with van der Waals surface area (Å²) in [7, 11) is 1.56. The van der Waals surface area contributed by atoms with E-state index in [2.05, 4.69) is 24.5 Å². The average molecular weight is 306 g/mol. The van der Waals surface area contributed by atoms with E-state index in [1.165, 1.54) is 0 Å². The van der Waals surface area contributed by atoms with Gasteiger partial charge in [-0.05, 0) is 38.3 Å². The summed E-state index contributed by atoms with van der Waals surface area (Å²) in [5.74, 6) is 0.544. The van der Waals surface area contributed by atoms with Gasteiger partial charge in [-0.3, -0.25) is 9.59 Å². The number of hydrogen-bond acceptors (Lipinski definition) is 3. The van der Waals surface area contributed by atoms with Crippen molar-refractivity contribution in [2.75, 3.05) is 19.0 Å². The van der Waals surface area contributed by atoms with Crippen molar-refractivity contribution in [1.29, 1.82) is 0 Å². The molecule has 1 aromatic carbocycles. The first-order valence-corrected chi connectivity index (χ1v) is 7.51. The summed E-state index contributed by atoms with van der Waals surface area (Å²) in [4.78, 5) is 24.6. The molecule has 2 N–H and O–H groups in total. The fraction of sp³-hybridized carbons (Fsp3) is 0.529. The Morgan fingerprint density at radius 2 is 1.91 bits per heavy atom. The second kappa shape index (κ2) is 7.82. The second-order valence-corrected chi connectivity index (χ2v) is 6.25. The van der Waals surface area contributed by atoms with Crippen LogP contribution in [0.2, 0.25) is 0 Å². The Balaban J connectivity index is 2.66. The van der Waals surface area contributed by atoms with Crippen LogP contribution in [0.15, 0.2) is 24.3 Å². The van der Waals surface area contributed by atoms with Gasteiger partial charge in [0.1, 0.15) is 11.2 Å². The highest BCUT2D eigenvalue weighted by atomic mass is 16.5. The van der Waals surface area contributed by atoms with Gasteiger partial charge < -0.3 is 15.4 Å². The summed E-state index contributed by atoms with van der Waals surface area (Å²) >= 11 is 0. The van der Waals surface area contributed by atoms with Crippen LogP contribution in [0, 0.1) is 11.3 Å². The van der Waals surface area contributed by atoms with E-state index in [1.54, 1.807) is 45.2 Å². The molecule has 0 bridgehead atoms. The van der Waals surface area contributed by atoms with E-state index in [0.717, 1.165) is 6.42 Å². The highest BCUT2D eigenvalue weighted by Crippen LogP contribution is 2.21. The van der Waals surface area contributed by atoms with Crippen LogP contribution >= 0.6 is 0 Å². The van der Waals surface area contributed by atoms with Crippen molar-refractivity contribution in [3.05, 3.63) is 24.3 Å². The van der Waals surface area contributed by atoms with E-state index < -0.39 is 5.41 Å². The number of anilines is 1. The third-order valence-corrected chi connectivity index (χ3v) is 3.47. The van der Waals surface area contributed by atoms with Crippen LogP contribution in [-0.2, 0) is 9.59 Å². The van der Waals surface area contributed by atoms with Gasteiger partial charge in [-0.25, -0.2) is 0 Å². The molecule has 0 spiro atoms. The van der Waals surface area contributed by atoms with Gasteiger partial charge in [0.25, 0.3) is 0 Å². The summed E-state index contributed by atoms with van der Waals surface area (Å²) < 4.78 is 5.11. The number of carbonyl (C=O) groups is 2. The van der Waals surface area contributed by atoms with Crippen molar-refractivity contribution >= 4 is 17.5 Å². The number of carbonyl (C=O) groups excluding carboxylic acids is 2. The summed E-state index contributed by atoms with van der Waals surface area (Å²) in [5, 5.41) is 5.58. The minimum atomic E-state index is -1.14. The van der Waals surface area contributed by atoms with Crippen LogP contribution in [0.25, 0.3) is 0 Å². The lowest BCUT2D eigenvalue weighted by molar-refractivity contribution is -0.138. The molecular formula is C17H26N2O3. The Kier molecular flexibility index (Phi) is 6.40. The first-order valence-electron chi connectivity index (χ1n) is 7.51. The predicted octanol–water partition coefficient (Wildman–Crippen LogP) is 2.82. The van der Waals surface area contributed by atoms with Crippen LogP contribution < -0.4 is 15.4 Å². The van der Waals surface area contributed by atoms with Crippen molar-refractivity contribution in [1.82, 2.24) is 5.32 Å². The van der Waals surface area contributed by atoms with Crippen LogP contribution in [0.4, 0.5) is 5.69 Å². The third-order valence-electron chi connectivity index (χ3n) is 3.47. The summed E-state index contributed by atoms with van der Waals surface area (Å²) in [5.41, 5.74) is -0.535. The molecule has 0 aliphatic heterocycles. The van der Waals surface area contributed by atoms with Crippen molar-refractivity contribution in [2.24, 2.45) is 11.3 Å². The van der Waals surface area contributed by atoms with Gasteiger partial charge in [-0.15, -0.1) is 0 Å². The molecular weight excluding hydrogens is 280 g/mol. The maximum absolute atomic E-state index is 12.4. The van der Waals surface area contributed by atoms with Crippen LogP contribution in [0.1, 0.15) is 34.1 Å². The Hall–Kier alpha value is -2.04. The number of ether oxygens (including phenoxy) is 1. The first kappa shape index (κ1) is 18.0. The van der Waals surface area contributed by atoms with Gasteiger partial charge in [0, 0.05) is 18.3 Å². The summed E-state index contributed by atoms with van der Waals surface area (Å²) in [6.45, 7) is 7.99. The van der Waals surface area contributed by atoms with Crippen LogP contribution in [-0.4, -0.2) is 25.5 Å². The molecule has 0 radical (unpaired) electrons. The van der Waals surface area contributed by atoms with Gasteiger partial charge in [-0.1, -0.05) is 19.9 Å². The molecule has 0 atom stereocenters. The third kappa shape index (κ3) is 5.06. The molecule has 22 heavy (non-hydrogen) atoms. The zero-order valence-corrected chi connectivity index (χ0v) is 14.0. The van der Waals surface area contributed by atoms with Crippen molar-refractivity contribution in [2.45, 2.75) is 34.1 Å². The molecule has 5 nitrogen and oxygen atoms in total. The molecule has 1 rings (SSSR count). The summed E-state index contributed by atoms with van der Waals surface area (Å²) in [6.07, 6.45) is 0.888. The zero-order chi connectivity index (χ0) is 16.8. The second-order valence-electron chi connectivity index (χ2n) is 6.25. The Morgan fingerprint density at radius 1 is 1.23 bits per heavy atom. The van der Waals surface area contributed by atoms with Gasteiger partial charge in [0.2, 0.25) is 11.8 Å². The van der Waals surface area contributed by atoms with Gasteiger partial charge in [0.05, 0.1) is 7.11 Å². The molecule has 1 aromatic rings. The quantitative estimate of drug-likeness (QED) is 0.761. The smallest absolute Gasteiger partial charge is 0.239 e. The van der Waals surface area contributed by atoms with Crippen LogP contribution in [0.3, 0.4) is 0 Å². The van der Waals surface area contributed by atoms with Gasteiger partial charge in [0.15, 0.2) is 0 Å². The van der Waals surface area contributed by atoms with E-state index in [4.69, 9.17) is 4.74 Å². The lowest BCUT2D eigenvalue weighted by Crippen LogP contribution is -2.45. The largest absolute Gasteiger partial charge is 0.497 e. The lowest BCUT2D eigenvalue weighted by Gasteiger charge is -2.23. The fourth-order valence-electron chi connectivity index (χ4n) is 1.79. The van der Waals surface area contributed by atoms with E-state index in [0.29, 0.717) is 23.9 Å². The Morgan fingerprint density at radius 3 is 2.50 bits per heavy atom. The van der Waals surface area contributed by atoms with Crippen molar-refractivity contribution in [3.63, 3.8) is 0 Å². The van der Waals surface area contributed by atoms with Crippen molar-refractivity contribution in [3.8, 4) is 5.75 Å². The van der Waals surface area contributed by atoms with E-state index >= 15 is 0 Å². The predicted molar refractivity (Wildman–Crippen MR) is 87.9 cm³/mol. The summed E-state index contributed by atoms with van der Waals surface area (Å²) in [6, 6.07) is 7.04. The molecule has 0 aliphatic rings. The maximum Gasteiger partial charge on any atom is 0.239 e. The molecule has 0 saturated carbocycles. The van der Waals surface area contributed by atoms with E-state index in [1.807, 2.05) is 0 Å². The average Bonchev–Trinajstić information content (AvgIpc) is 2.46. The molecule has 0 heterocycles. The van der Waals surface area contributed by atoms with E-state index in [9.17, 15) is 9.59 Å². The highest BCUT2D eigenvalue weighted by molar-refractivity contribution is 6.09. The highest BCUT2D eigenvalue weighted by Gasteiger charge is 2.35. The monoisotopic (exact) mass is 306 g/mol. The normalized spacial score (nSPS) is 11.2. The van der Waals surface area contributed by atoms with Gasteiger partial charge in [-0.2, -0.15) is 0 Å². The minimum Gasteiger partial charge on any atom is -0.497 e. The number of hydrogen-bond donors (Lipinski definition) is 2. The zero-order valence-electron chi connectivity index (χ0n) is 14.0. The van der Waals surface area contributed by atoms with Crippen molar-refractivity contribution < 1.29 is 14.3 Å². The first-order chi connectivity index (χ1) is 10.3. The van der Waals surface area contributed by atoms with Gasteiger partial charge >= 0.3 is 0 Å². The molecule has 2 amide bonds.